The first-order chi connectivity index (χ1) is 14.3. The third-order valence-corrected chi connectivity index (χ3v) is 4.82. The highest BCUT2D eigenvalue weighted by Crippen LogP contribution is 2.24. The lowest BCUT2D eigenvalue weighted by atomic mass is 9.87. The third-order valence-electron chi connectivity index (χ3n) is 4.82. The molecule has 0 aliphatic heterocycles. The molecular weight excluding hydrogens is 376 g/mol. The Morgan fingerprint density at radius 1 is 1.10 bits per heavy atom. The molecule has 1 N–H and O–H groups in total. The van der Waals surface area contributed by atoms with Gasteiger partial charge in [0.15, 0.2) is 6.61 Å². The van der Waals surface area contributed by atoms with Crippen molar-refractivity contribution in [1.29, 1.82) is 0 Å². The molecule has 0 fully saturated rings. The van der Waals surface area contributed by atoms with E-state index in [-0.39, 0.29) is 17.9 Å². The van der Waals surface area contributed by atoms with Gasteiger partial charge in [-0.25, -0.2) is 10.1 Å². The molecule has 2 aromatic carbocycles. The zero-order valence-electron chi connectivity index (χ0n) is 18.1. The lowest BCUT2D eigenvalue weighted by Gasteiger charge is -2.19. The van der Waals surface area contributed by atoms with E-state index in [9.17, 15) is 4.79 Å². The minimum atomic E-state index is -0.322. The first-order valence-electron chi connectivity index (χ1n) is 9.92. The maximum atomic E-state index is 12.1. The van der Waals surface area contributed by atoms with Crippen LogP contribution >= 0.6 is 0 Å². The Labute approximate surface area is 177 Å². The number of hydrogen-bond acceptors (Lipinski definition) is 4. The van der Waals surface area contributed by atoms with Crippen molar-refractivity contribution in [3.8, 4) is 11.4 Å². The summed E-state index contributed by atoms with van der Waals surface area (Å²) >= 11 is 0. The molecule has 0 spiro atoms. The first-order valence-corrected chi connectivity index (χ1v) is 9.92. The molecule has 0 saturated heterocycles. The minimum Gasteiger partial charge on any atom is -0.484 e. The van der Waals surface area contributed by atoms with E-state index in [0.29, 0.717) is 5.75 Å². The van der Waals surface area contributed by atoms with Crippen LogP contribution in [0.15, 0.2) is 59.7 Å². The van der Waals surface area contributed by atoms with E-state index in [1.54, 1.807) is 6.21 Å². The van der Waals surface area contributed by atoms with Crippen LogP contribution in [0, 0.1) is 13.8 Å². The van der Waals surface area contributed by atoms with E-state index in [2.05, 4.69) is 36.4 Å². The van der Waals surface area contributed by atoms with Gasteiger partial charge in [0.25, 0.3) is 5.91 Å². The Kier molecular flexibility index (Phi) is 6.35. The molecule has 3 aromatic rings. The van der Waals surface area contributed by atoms with Gasteiger partial charge >= 0.3 is 0 Å². The molecule has 6 nitrogen and oxygen atoms in total. The number of rotatable bonds is 6. The predicted molar refractivity (Wildman–Crippen MR) is 119 cm³/mol. The van der Waals surface area contributed by atoms with Crippen molar-refractivity contribution in [2.45, 2.75) is 40.0 Å². The Balaban J connectivity index is 1.57. The number of nitrogens with zero attached hydrogens (tertiary/aromatic N) is 3. The van der Waals surface area contributed by atoms with Gasteiger partial charge in [0, 0.05) is 5.56 Å². The van der Waals surface area contributed by atoms with E-state index in [0.717, 1.165) is 22.6 Å². The number of ether oxygens (including phenoxy) is 1. The van der Waals surface area contributed by atoms with Gasteiger partial charge in [-0.2, -0.15) is 10.2 Å². The van der Waals surface area contributed by atoms with E-state index < -0.39 is 0 Å². The number of aryl methyl sites for hydroxylation is 1. The van der Waals surface area contributed by atoms with Crippen molar-refractivity contribution in [3.63, 3.8) is 0 Å². The number of carbonyl (C=O) groups excluding carboxylic acids is 1. The topological polar surface area (TPSA) is 68.5 Å². The second-order valence-corrected chi connectivity index (χ2v) is 8.19. The molecule has 0 aliphatic rings. The number of hydrazone groups is 1. The summed E-state index contributed by atoms with van der Waals surface area (Å²) in [5.74, 6) is 0.329. The van der Waals surface area contributed by atoms with Crippen molar-refractivity contribution in [3.05, 3.63) is 77.1 Å². The number of nitrogens with one attached hydrogen (secondary N) is 1. The van der Waals surface area contributed by atoms with Gasteiger partial charge in [-0.3, -0.25) is 4.79 Å². The molecule has 0 unspecified atom stereocenters. The summed E-state index contributed by atoms with van der Waals surface area (Å²) < 4.78 is 7.41. The molecule has 0 radical (unpaired) electrons. The van der Waals surface area contributed by atoms with Crippen LogP contribution in [0.5, 0.6) is 5.75 Å². The Morgan fingerprint density at radius 3 is 2.40 bits per heavy atom. The van der Waals surface area contributed by atoms with Crippen molar-refractivity contribution < 1.29 is 9.53 Å². The lowest BCUT2D eigenvalue weighted by molar-refractivity contribution is -0.123. The molecule has 6 heteroatoms. The van der Waals surface area contributed by atoms with Crippen LogP contribution in [-0.2, 0) is 10.2 Å². The Bertz CT molecular complexity index is 1030. The van der Waals surface area contributed by atoms with Gasteiger partial charge in [0.1, 0.15) is 5.75 Å². The molecule has 156 valence electrons. The fraction of sp³-hybridized carbons (Fsp3) is 0.292. The van der Waals surface area contributed by atoms with Crippen LogP contribution in [0.3, 0.4) is 0 Å². The van der Waals surface area contributed by atoms with Crippen molar-refractivity contribution >= 4 is 12.1 Å². The van der Waals surface area contributed by atoms with E-state index in [1.807, 2.05) is 73.1 Å². The highest BCUT2D eigenvalue weighted by molar-refractivity contribution is 5.85. The summed E-state index contributed by atoms with van der Waals surface area (Å²) in [6.45, 7) is 10.2. The summed E-state index contributed by atoms with van der Waals surface area (Å²) in [5, 5.41) is 8.64. The average Bonchev–Trinajstić information content (AvgIpc) is 3.01. The number of benzene rings is 2. The van der Waals surface area contributed by atoms with Gasteiger partial charge in [0.2, 0.25) is 0 Å². The summed E-state index contributed by atoms with van der Waals surface area (Å²) in [4.78, 5) is 12.1. The summed E-state index contributed by atoms with van der Waals surface area (Å²) in [7, 11) is 0. The van der Waals surface area contributed by atoms with Crippen molar-refractivity contribution in [2.24, 2.45) is 5.10 Å². The molecule has 3 rings (SSSR count). The predicted octanol–water partition coefficient (Wildman–Crippen LogP) is 4.32. The third kappa shape index (κ3) is 5.14. The minimum absolute atomic E-state index is 0.0786. The highest BCUT2D eigenvalue weighted by Gasteiger charge is 2.13. The van der Waals surface area contributed by atoms with Crippen LogP contribution in [-0.4, -0.2) is 28.5 Å². The maximum Gasteiger partial charge on any atom is 0.277 e. The van der Waals surface area contributed by atoms with E-state index in [4.69, 9.17) is 4.74 Å². The standard InChI is InChI=1S/C24H28N4O2/c1-17-22(18(2)28(27-17)20-9-7-6-8-10-20)15-25-26-23(29)16-30-21-13-11-19(12-14-21)24(3,4)5/h6-15H,16H2,1-5H3,(H,26,29)/b25-15+. The van der Waals surface area contributed by atoms with Crippen LogP contribution in [0.4, 0.5) is 0 Å². The molecule has 1 amide bonds. The zero-order chi connectivity index (χ0) is 21.7. The fourth-order valence-electron chi connectivity index (χ4n) is 3.06. The van der Waals surface area contributed by atoms with E-state index in [1.165, 1.54) is 5.56 Å². The van der Waals surface area contributed by atoms with Crippen LogP contribution in [0.2, 0.25) is 0 Å². The zero-order valence-corrected chi connectivity index (χ0v) is 18.1. The first kappa shape index (κ1) is 21.3. The van der Waals surface area contributed by atoms with Gasteiger partial charge < -0.3 is 4.74 Å². The van der Waals surface area contributed by atoms with Gasteiger partial charge in [-0.05, 0) is 49.1 Å². The molecule has 0 saturated carbocycles. The fourth-order valence-corrected chi connectivity index (χ4v) is 3.06. The number of amides is 1. The Hall–Kier alpha value is -3.41. The Morgan fingerprint density at radius 2 is 1.77 bits per heavy atom. The van der Waals surface area contributed by atoms with Crippen LogP contribution < -0.4 is 10.2 Å². The summed E-state index contributed by atoms with van der Waals surface area (Å²) in [6.07, 6.45) is 1.62. The monoisotopic (exact) mass is 404 g/mol. The lowest BCUT2D eigenvalue weighted by Crippen LogP contribution is -2.24. The van der Waals surface area contributed by atoms with Crippen LogP contribution in [0.1, 0.15) is 43.3 Å². The molecular formula is C24H28N4O2. The second kappa shape index (κ2) is 8.95. The number of aromatic nitrogens is 2. The molecule has 30 heavy (non-hydrogen) atoms. The van der Waals surface area contributed by atoms with Crippen molar-refractivity contribution in [2.75, 3.05) is 6.61 Å². The molecule has 0 aliphatic carbocycles. The molecule has 0 bridgehead atoms. The van der Waals surface area contributed by atoms with Gasteiger partial charge in [-0.15, -0.1) is 0 Å². The van der Waals surface area contributed by atoms with Gasteiger partial charge in [-0.1, -0.05) is 51.1 Å². The number of para-hydroxylation sites is 1. The smallest absolute Gasteiger partial charge is 0.277 e. The average molecular weight is 405 g/mol. The van der Waals surface area contributed by atoms with Crippen LogP contribution in [0.25, 0.3) is 5.69 Å². The molecule has 0 atom stereocenters. The summed E-state index contributed by atoms with van der Waals surface area (Å²) in [5.41, 5.74) is 7.44. The molecule has 1 heterocycles. The largest absolute Gasteiger partial charge is 0.484 e. The summed E-state index contributed by atoms with van der Waals surface area (Å²) in [6, 6.07) is 17.7. The number of hydrogen-bond donors (Lipinski definition) is 1. The quantitative estimate of drug-likeness (QED) is 0.491. The highest BCUT2D eigenvalue weighted by atomic mass is 16.5. The SMILES string of the molecule is Cc1nn(-c2ccccc2)c(C)c1/C=N/NC(=O)COc1ccc(C(C)(C)C)cc1. The number of carbonyl (C=O) groups is 1. The molecule has 1 aromatic heterocycles. The maximum absolute atomic E-state index is 12.1. The van der Waals surface area contributed by atoms with E-state index >= 15 is 0 Å². The normalized spacial score (nSPS) is 11.6. The van der Waals surface area contributed by atoms with Crippen molar-refractivity contribution in [1.82, 2.24) is 15.2 Å². The van der Waals surface area contributed by atoms with Gasteiger partial charge in [0.05, 0.1) is 23.3 Å². The second-order valence-electron chi connectivity index (χ2n) is 8.19.